The molecule has 3 heterocycles. The Morgan fingerprint density at radius 1 is 1.11 bits per heavy atom. The number of ether oxygens (including phenoxy) is 1. The zero-order valence-corrected chi connectivity index (χ0v) is 22.8. The third-order valence-electron chi connectivity index (χ3n) is 6.42. The topological polar surface area (TPSA) is 81.4 Å². The van der Waals surface area contributed by atoms with Crippen molar-refractivity contribution >= 4 is 34.6 Å². The van der Waals surface area contributed by atoms with E-state index >= 15 is 0 Å². The number of halogens is 1. The Bertz CT molecular complexity index is 1490. The lowest BCUT2D eigenvalue weighted by molar-refractivity contribution is -0.121. The minimum atomic E-state index is -0.496. The Balaban J connectivity index is 1.42. The summed E-state index contributed by atoms with van der Waals surface area (Å²) in [7, 11) is 0. The number of rotatable bonds is 7. The van der Waals surface area contributed by atoms with Gasteiger partial charge >= 0.3 is 0 Å². The van der Waals surface area contributed by atoms with E-state index in [1.807, 2.05) is 66.9 Å². The van der Waals surface area contributed by atoms with Crippen LogP contribution in [-0.4, -0.2) is 39.5 Å². The average Bonchev–Trinajstić information content (AvgIpc) is 3.34. The molecule has 0 unspecified atom stereocenters. The van der Waals surface area contributed by atoms with Gasteiger partial charge in [0.15, 0.2) is 5.82 Å². The molecule has 2 aromatic heterocycles. The van der Waals surface area contributed by atoms with E-state index in [1.54, 1.807) is 11.3 Å². The minimum Gasteiger partial charge on any atom is -0.492 e. The molecule has 0 aliphatic carbocycles. The second-order valence-electron chi connectivity index (χ2n) is 9.12. The summed E-state index contributed by atoms with van der Waals surface area (Å²) in [6.45, 7) is 8.93. The number of nitrogens with zero attached hydrogens (tertiary/aromatic N) is 4. The molecule has 4 aromatic rings. The van der Waals surface area contributed by atoms with E-state index in [1.165, 1.54) is 4.88 Å². The first kappa shape index (κ1) is 25.2. The third kappa shape index (κ3) is 5.17. The number of aryl methyl sites for hydroxylation is 3. The van der Waals surface area contributed by atoms with Crippen molar-refractivity contribution in [3.63, 3.8) is 0 Å². The first-order valence-electron chi connectivity index (χ1n) is 12.1. The van der Waals surface area contributed by atoms with Crippen molar-refractivity contribution in [1.82, 2.24) is 20.1 Å². The van der Waals surface area contributed by atoms with Gasteiger partial charge in [-0.3, -0.25) is 14.4 Å². The van der Waals surface area contributed by atoms with Crippen molar-refractivity contribution in [2.75, 3.05) is 13.2 Å². The molecule has 1 atom stereocenters. The van der Waals surface area contributed by atoms with Gasteiger partial charge < -0.3 is 10.1 Å². The zero-order chi connectivity index (χ0) is 26.1. The molecule has 7 nitrogen and oxygen atoms in total. The highest BCUT2D eigenvalue weighted by atomic mass is 35.5. The maximum absolute atomic E-state index is 13.0. The maximum Gasteiger partial charge on any atom is 0.222 e. The predicted octanol–water partition coefficient (Wildman–Crippen LogP) is 5.69. The van der Waals surface area contributed by atoms with Crippen molar-refractivity contribution < 1.29 is 9.53 Å². The Kier molecular flexibility index (Phi) is 7.13. The van der Waals surface area contributed by atoms with Crippen molar-refractivity contribution in [1.29, 1.82) is 0 Å². The molecule has 5 rings (SSSR count). The van der Waals surface area contributed by atoms with Crippen LogP contribution in [0.4, 0.5) is 0 Å². The highest BCUT2D eigenvalue weighted by molar-refractivity contribution is 7.15. The van der Waals surface area contributed by atoms with Gasteiger partial charge in [-0.25, -0.2) is 0 Å². The largest absolute Gasteiger partial charge is 0.492 e. The quantitative estimate of drug-likeness (QED) is 0.309. The summed E-state index contributed by atoms with van der Waals surface area (Å²) in [5.74, 6) is 2.09. The van der Waals surface area contributed by atoms with Crippen LogP contribution in [0.1, 0.15) is 51.2 Å². The average molecular weight is 534 g/mol. The molecule has 37 heavy (non-hydrogen) atoms. The number of carbonyl (C=O) groups is 1. The molecule has 0 fully saturated rings. The van der Waals surface area contributed by atoms with Gasteiger partial charge in [0.25, 0.3) is 0 Å². The van der Waals surface area contributed by atoms with Crippen LogP contribution in [0.15, 0.2) is 53.5 Å². The Morgan fingerprint density at radius 2 is 1.89 bits per heavy atom. The van der Waals surface area contributed by atoms with Gasteiger partial charge in [-0.1, -0.05) is 35.9 Å². The summed E-state index contributed by atoms with van der Waals surface area (Å²) in [5, 5.41) is 13.5. The maximum atomic E-state index is 13.0. The molecule has 0 saturated carbocycles. The normalized spacial score (nSPS) is 14.4. The monoisotopic (exact) mass is 533 g/mol. The van der Waals surface area contributed by atoms with E-state index in [0.717, 1.165) is 44.5 Å². The number of carbonyl (C=O) groups excluding carboxylic acids is 1. The van der Waals surface area contributed by atoms with E-state index in [0.29, 0.717) is 24.0 Å². The van der Waals surface area contributed by atoms with Crippen molar-refractivity contribution in [2.24, 2.45) is 4.99 Å². The van der Waals surface area contributed by atoms with Gasteiger partial charge in [-0.05, 0) is 63.1 Å². The molecular weight excluding hydrogens is 506 g/mol. The zero-order valence-electron chi connectivity index (χ0n) is 21.2. The number of thiophene rings is 1. The highest BCUT2D eigenvalue weighted by Gasteiger charge is 2.32. The number of nitrogens with one attached hydrogen (secondary N) is 1. The standard InChI is InChI=1S/C28H28ClN5O2S/c1-16-6-5-7-22(14-16)36-13-12-30-24(35)15-23-27-33-32-19(4)34(27)28-25(17(2)18(3)37-28)26(31-23)20-8-10-21(29)11-9-20/h5-11,14,23H,12-13,15H2,1-4H3,(H,30,35)/t23-/m0/s1. The Hall–Kier alpha value is -3.49. The molecule has 0 radical (unpaired) electrons. The Labute approximate surface area is 225 Å². The summed E-state index contributed by atoms with van der Waals surface area (Å²) in [6.07, 6.45) is 0.145. The lowest BCUT2D eigenvalue weighted by Crippen LogP contribution is -2.29. The first-order chi connectivity index (χ1) is 17.8. The minimum absolute atomic E-state index is 0.123. The number of hydrogen-bond donors (Lipinski definition) is 1. The number of fused-ring (bicyclic) bond motifs is 3. The van der Waals surface area contributed by atoms with Crippen LogP contribution in [0.5, 0.6) is 5.75 Å². The molecule has 9 heteroatoms. The van der Waals surface area contributed by atoms with E-state index in [-0.39, 0.29) is 12.3 Å². The SMILES string of the molecule is Cc1cccc(OCCNC(=O)C[C@@H]2N=C(c3ccc(Cl)cc3)c3c(sc(C)c3C)-n3c(C)nnc32)c1. The summed E-state index contributed by atoms with van der Waals surface area (Å²) in [4.78, 5) is 19.4. The fourth-order valence-electron chi connectivity index (χ4n) is 4.44. The van der Waals surface area contributed by atoms with Crippen LogP contribution in [0.2, 0.25) is 5.02 Å². The van der Waals surface area contributed by atoms with Gasteiger partial charge in [0.2, 0.25) is 5.91 Å². The molecule has 0 spiro atoms. The number of benzene rings is 2. The van der Waals surface area contributed by atoms with Crippen molar-refractivity contribution in [3.8, 4) is 10.8 Å². The van der Waals surface area contributed by atoms with Gasteiger partial charge in [0, 0.05) is 21.0 Å². The van der Waals surface area contributed by atoms with Crippen LogP contribution in [0.25, 0.3) is 5.00 Å². The molecule has 1 aliphatic rings. The second kappa shape index (κ2) is 10.5. The molecule has 0 saturated heterocycles. The van der Waals surface area contributed by atoms with Gasteiger partial charge in [-0.15, -0.1) is 21.5 Å². The summed E-state index contributed by atoms with van der Waals surface area (Å²) < 4.78 is 7.82. The van der Waals surface area contributed by atoms with E-state index < -0.39 is 6.04 Å². The van der Waals surface area contributed by atoms with Crippen LogP contribution >= 0.6 is 22.9 Å². The van der Waals surface area contributed by atoms with E-state index in [2.05, 4.69) is 29.4 Å². The van der Waals surface area contributed by atoms with Crippen LogP contribution < -0.4 is 10.1 Å². The molecule has 1 N–H and O–H groups in total. The molecule has 1 amide bonds. The van der Waals surface area contributed by atoms with E-state index in [4.69, 9.17) is 21.3 Å². The number of hydrogen-bond acceptors (Lipinski definition) is 6. The molecule has 1 aliphatic heterocycles. The van der Waals surface area contributed by atoms with E-state index in [9.17, 15) is 4.79 Å². The van der Waals surface area contributed by atoms with Crippen LogP contribution in [-0.2, 0) is 4.79 Å². The lowest BCUT2D eigenvalue weighted by atomic mass is 9.99. The van der Waals surface area contributed by atoms with Crippen molar-refractivity contribution in [3.05, 3.63) is 92.3 Å². The fraction of sp³-hybridized carbons (Fsp3) is 0.286. The summed E-state index contributed by atoms with van der Waals surface area (Å²) >= 11 is 7.86. The molecule has 190 valence electrons. The van der Waals surface area contributed by atoms with Crippen molar-refractivity contribution in [2.45, 2.75) is 40.2 Å². The molecule has 2 aromatic carbocycles. The first-order valence-corrected chi connectivity index (χ1v) is 13.3. The predicted molar refractivity (Wildman–Crippen MR) is 148 cm³/mol. The Morgan fingerprint density at radius 3 is 2.65 bits per heavy atom. The fourth-order valence-corrected chi connectivity index (χ4v) is 5.78. The third-order valence-corrected chi connectivity index (χ3v) is 7.86. The highest BCUT2D eigenvalue weighted by Crippen LogP contribution is 2.39. The van der Waals surface area contributed by atoms with Crippen LogP contribution in [0.3, 0.4) is 0 Å². The lowest BCUT2D eigenvalue weighted by Gasteiger charge is -2.13. The van der Waals surface area contributed by atoms with Gasteiger partial charge in [0.05, 0.1) is 18.7 Å². The summed E-state index contributed by atoms with van der Waals surface area (Å²) in [6, 6.07) is 15.0. The number of aliphatic imine (C=N–C) groups is 1. The van der Waals surface area contributed by atoms with Gasteiger partial charge in [-0.2, -0.15) is 0 Å². The van der Waals surface area contributed by atoms with Gasteiger partial charge in [0.1, 0.15) is 29.2 Å². The van der Waals surface area contributed by atoms with Crippen LogP contribution in [0, 0.1) is 27.7 Å². The smallest absolute Gasteiger partial charge is 0.222 e. The number of aromatic nitrogens is 3. The molecule has 0 bridgehead atoms. The summed E-state index contributed by atoms with van der Waals surface area (Å²) in [5.41, 5.74) is 5.11. The molecular formula is C28H28ClN5O2S. The second-order valence-corrected chi connectivity index (χ2v) is 10.8. The number of amides is 1.